The van der Waals surface area contributed by atoms with Crippen LogP contribution < -0.4 is 10.1 Å². The smallest absolute Gasteiger partial charge is 0.257 e. The van der Waals surface area contributed by atoms with Gasteiger partial charge < -0.3 is 14.8 Å². The first-order chi connectivity index (χ1) is 11.9. The molecule has 0 aromatic heterocycles. The minimum atomic E-state index is -0.0487. The zero-order valence-electron chi connectivity index (χ0n) is 16.2. The van der Waals surface area contributed by atoms with Gasteiger partial charge in [0.1, 0.15) is 5.75 Å². The van der Waals surface area contributed by atoms with Crippen LogP contribution in [0.3, 0.4) is 0 Å². The number of carbonyl (C=O) groups is 1. The van der Waals surface area contributed by atoms with E-state index in [9.17, 15) is 4.79 Å². The summed E-state index contributed by atoms with van der Waals surface area (Å²) in [6.45, 7) is 11.1. The lowest BCUT2D eigenvalue weighted by Crippen LogP contribution is -2.30. The molecular weight excluding hydrogens is 314 g/mol. The van der Waals surface area contributed by atoms with Gasteiger partial charge in [-0.3, -0.25) is 4.79 Å². The van der Waals surface area contributed by atoms with Crippen molar-refractivity contribution >= 4 is 5.91 Å². The summed E-state index contributed by atoms with van der Waals surface area (Å²) in [4.78, 5) is 12.0. The molecule has 1 amide bonds. The monoisotopic (exact) mass is 347 g/mol. The Bertz CT molecular complexity index is 557. The third kappa shape index (κ3) is 6.69. The molecule has 0 unspecified atom stereocenters. The third-order valence-corrected chi connectivity index (χ3v) is 4.75. The second-order valence-electron chi connectivity index (χ2n) is 8.09. The quantitative estimate of drug-likeness (QED) is 0.759. The predicted octanol–water partition coefficient (Wildman–Crippen LogP) is 3.99. The van der Waals surface area contributed by atoms with Crippen LogP contribution >= 0.6 is 0 Å². The molecule has 1 aliphatic heterocycles. The van der Waals surface area contributed by atoms with Crippen LogP contribution in [0.2, 0.25) is 0 Å². The molecule has 1 aromatic rings. The van der Waals surface area contributed by atoms with Gasteiger partial charge in [0, 0.05) is 19.8 Å². The molecule has 4 heteroatoms. The molecule has 0 atom stereocenters. The van der Waals surface area contributed by atoms with Crippen LogP contribution in [0.1, 0.15) is 57.6 Å². The minimum absolute atomic E-state index is 0.0124. The third-order valence-electron chi connectivity index (χ3n) is 4.75. The molecular formula is C21H33NO3. The fraction of sp³-hybridized carbons (Fsp3) is 0.667. The second kappa shape index (κ2) is 9.23. The molecule has 25 heavy (non-hydrogen) atoms. The Morgan fingerprint density at radius 3 is 2.68 bits per heavy atom. The summed E-state index contributed by atoms with van der Waals surface area (Å²) in [5.74, 6) is 1.51. The summed E-state index contributed by atoms with van der Waals surface area (Å²) in [5.41, 5.74) is 2.33. The van der Waals surface area contributed by atoms with E-state index in [0.29, 0.717) is 0 Å². The molecule has 2 rings (SSSR count). The van der Waals surface area contributed by atoms with E-state index in [1.165, 1.54) is 5.56 Å². The van der Waals surface area contributed by atoms with Gasteiger partial charge in [0.2, 0.25) is 0 Å². The number of ether oxygens (including phenoxy) is 2. The van der Waals surface area contributed by atoms with E-state index < -0.39 is 0 Å². The summed E-state index contributed by atoms with van der Waals surface area (Å²) in [6, 6.07) is 6.13. The van der Waals surface area contributed by atoms with Crippen molar-refractivity contribution in [1.29, 1.82) is 0 Å². The van der Waals surface area contributed by atoms with Crippen molar-refractivity contribution in [3.8, 4) is 5.75 Å². The predicted molar refractivity (Wildman–Crippen MR) is 101 cm³/mol. The van der Waals surface area contributed by atoms with Crippen molar-refractivity contribution in [2.45, 2.75) is 58.8 Å². The molecule has 1 aliphatic rings. The molecule has 1 fully saturated rings. The fourth-order valence-electron chi connectivity index (χ4n) is 3.20. The average molecular weight is 347 g/mol. The summed E-state index contributed by atoms with van der Waals surface area (Å²) in [7, 11) is 0. The van der Waals surface area contributed by atoms with Gasteiger partial charge in [-0.25, -0.2) is 0 Å². The maximum Gasteiger partial charge on any atom is 0.257 e. The van der Waals surface area contributed by atoms with Crippen molar-refractivity contribution in [2.24, 2.45) is 5.92 Å². The second-order valence-corrected chi connectivity index (χ2v) is 8.09. The van der Waals surface area contributed by atoms with Crippen molar-refractivity contribution < 1.29 is 14.3 Å². The molecule has 0 radical (unpaired) electrons. The molecule has 1 saturated heterocycles. The highest BCUT2D eigenvalue weighted by atomic mass is 16.5. The normalized spacial score (nSPS) is 15.8. The number of benzene rings is 1. The molecule has 0 bridgehead atoms. The molecule has 1 N–H and O–H groups in total. The first kappa shape index (κ1) is 19.8. The standard InChI is InChI=1S/C21H33NO3/c1-16-7-8-19(18(14-16)21(2,3)4)25-15-20(23)22-11-5-6-17-9-12-24-13-10-17/h7-8,14,17H,5-6,9-13,15H2,1-4H3,(H,22,23). The number of rotatable bonds is 7. The van der Waals surface area contributed by atoms with Gasteiger partial charge in [0.15, 0.2) is 6.61 Å². The number of hydrogen-bond donors (Lipinski definition) is 1. The SMILES string of the molecule is Cc1ccc(OCC(=O)NCCCC2CCOCC2)c(C(C)(C)C)c1. The zero-order chi connectivity index (χ0) is 18.3. The Labute approximate surface area is 152 Å². The van der Waals surface area contributed by atoms with Crippen molar-refractivity contribution in [1.82, 2.24) is 5.32 Å². The topological polar surface area (TPSA) is 47.6 Å². The fourth-order valence-corrected chi connectivity index (χ4v) is 3.20. The van der Waals surface area contributed by atoms with E-state index in [0.717, 1.165) is 62.7 Å². The van der Waals surface area contributed by atoms with E-state index in [4.69, 9.17) is 9.47 Å². The first-order valence-electron chi connectivity index (χ1n) is 9.44. The molecule has 140 valence electrons. The Morgan fingerprint density at radius 1 is 1.28 bits per heavy atom. The number of aryl methyl sites for hydroxylation is 1. The summed E-state index contributed by atoms with van der Waals surface area (Å²) in [5, 5.41) is 2.97. The molecule has 1 heterocycles. The highest BCUT2D eigenvalue weighted by Gasteiger charge is 2.19. The molecule has 1 aromatic carbocycles. The van der Waals surface area contributed by atoms with Gasteiger partial charge in [-0.2, -0.15) is 0 Å². The van der Waals surface area contributed by atoms with Crippen LogP contribution in [0, 0.1) is 12.8 Å². The lowest BCUT2D eigenvalue weighted by atomic mass is 9.85. The molecule has 0 spiro atoms. The Hall–Kier alpha value is -1.55. The van der Waals surface area contributed by atoms with Crippen LogP contribution in [0.15, 0.2) is 18.2 Å². The van der Waals surface area contributed by atoms with Gasteiger partial charge in [0.25, 0.3) is 5.91 Å². The number of nitrogens with one attached hydrogen (secondary N) is 1. The van der Waals surface area contributed by atoms with E-state index >= 15 is 0 Å². The van der Waals surface area contributed by atoms with E-state index in [2.05, 4.69) is 39.1 Å². The Kier molecular flexibility index (Phi) is 7.30. The highest BCUT2D eigenvalue weighted by Crippen LogP contribution is 2.32. The Balaban J connectivity index is 1.73. The van der Waals surface area contributed by atoms with E-state index in [1.807, 2.05) is 12.1 Å². The molecule has 0 aliphatic carbocycles. The van der Waals surface area contributed by atoms with Crippen molar-refractivity contribution in [3.63, 3.8) is 0 Å². The van der Waals surface area contributed by atoms with Gasteiger partial charge in [0.05, 0.1) is 0 Å². The van der Waals surface area contributed by atoms with Gasteiger partial charge in [-0.1, -0.05) is 38.5 Å². The lowest BCUT2D eigenvalue weighted by molar-refractivity contribution is -0.123. The van der Waals surface area contributed by atoms with Gasteiger partial charge in [-0.05, 0) is 55.6 Å². The first-order valence-corrected chi connectivity index (χ1v) is 9.44. The van der Waals surface area contributed by atoms with Crippen LogP contribution in [0.5, 0.6) is 5.75 Å². The van der Waals surface area contributed by atoms with E-state index in [-0.39, 0.29) is 17.9 Å². The zero-order valence-corrected chi connectivity index (χ0v) is 16.2. The number of hydrogen-bond acceptors (Lipinski definition) is 3. The maximum absolute atomic E-state index is 12.0. The highest BCUT2D eigenvalue weighted by molar-refractivity contribution is 5.77. The number of carbonyl (C=O) groups excluding carboxylic acids is 1. The summed E-state index contributed by atoms with van der Waals surface area (Å²) >= 11 is 0. The van der Waals surface area contributed by atoms with Crippen LogP contribution in [0.25, 0.3) is 0 Å². The molecule has 0 saturated carbocycles. The van der Waals surface area contributed by atoms with E-state index in [1.54, 1.807) is 0 Å². The average Bonchev–Trinajstić information content (AvgIpc) is 2.58. The minimum Gasteiger partial charge on any atom is -0.483 e. The van der Waals surface area contributed by atoms with Crippen LogP contribution in [-0.4, -0.2) is 32.3 Å². The lowest BCUT2D eigenvalue weighted by Gasteiger charge is -2.23. The van der Waals surface area contributed by atoms with Crippen LogP contribution in [0.4, 0.5) is 0 Å². The largest absolute Gasteiger partial charge is 0.483 e. The summed E-state index contributed by atoms with van der Waals surface area (Å²) in [6.07, 6.45) is 4.49. The maximum atomic E-state index is 12.0. The van der Waals surface area contributed by atoms with Crippen LogP contribution in [-0.2, 0) is 14.9 Å². The van der Waals surface area contributed by atoms with Gasteiger partial charge >= 0.3 is 0 Å². The summed E-state index contributed by atoms with van der Waals surface area (Å²) < 4.78 is 11.2. The number of amides is 1. The Morgan fingerprint density at radius 2 is 2.00 bits per heavy atom. The molecule has 4 nitrogen and oxygen atoms in total. The van der Waals surface area contributed by atoms with Crippen molar-refractivity contribution in [3.05, 3.63) is 29.3 Å². The van der Waals surface area contributed by atoms with Gasteiger partial charge in [-0.15, -0.1) is 0 Å². The van der Waals surface area contributed by atoms with Crippen molar-refractivity contribution in [2.75, 3.05) is 26.4 Å².